The molecule has 1 aromatic carbocycles. The van der Waals surface area contributed by atoms with Crippen LogP contribution >= 0.6 is 0 Å². The zero-order valence-electron chi connectivity index (χ0n) is 20.4. The number of ketones is 1. The Hall–Kier alpha value is -1.91. The summed E-state index contributed by atoms with van der Waals surface area (Å²) in [5, 5.41) is 21.4. The van der Waals surface area contributed by atoms with E-state index in [9.17, 15) is 15.0 Å². The van der Waals surface area contributed by atoms with E-state index in [1.54, 1.807) is 5.57 Å². The largest absolute Gasteiger partial charge is 0.396 e. The minimum Gasteiger partial charge on any atom is -0.396 e. The minimum absolute atomic E-state index is 0. The van der Waals surface area contributed by atoms with Gasteiger partial charge in [0.05, 0.1) is 5.60 Å². The van der Waals surface area contributed by atoms with Gasteiger partial charge in [0.15, 0.2) is 5.78 Å². The van der Waals surface area contributed by atoms with Gasteiger partial charge in [-0.3, -0.25) is 4.79 Å². The van der Waals surface area contributed by atoms with Gasteiger partial charge >= 0.3 is 0 Å². The second-order valence-electron chi connectivity index (χ2n) is 11.4. The normalized spacial score (nSPS) is 35.6. The van der Waals surface area contributed by atoms with Crippen molar-refractivity contribution in [2.75, 3.05) is 25.6 Å². The van der Waals surface area contributed by atoms with Crippen LogP contribution in [0.3, 0.4) is 0 Å². The van der Waals surface area contributed by atoms with Crippen LogP contribution in [0, 0.1) is 17.3 Å². The lowest BCUT2D eigenvalue weighted by Gasteiger charge is -2.55. The van der Waals surface area contributed by atoms with Crippen LogP contribution in [0.5, 0.6) is 0 Å². The van der Waals surface area contributed by atoms with Crippen LogP contribution in [0.15, 0.2) is 47.1 Å². The summed E-state index contributed by atoms with van der Waals surface area (Å²) in [4.78, 5) is 14.3. The van der Waals surface area contributed by atoms with Gasteiger partial charge in [-0.1, -0.05) is 24.6 Å². The number of benzene rings is 1. The van der Waals surface area contributed by atoms with Crippen LogP contribution in [0.1, 0.15) is 79.0 Å². The predicted octanol–water partition coefficient (Wildman–Crippen LogP) is 5.65. The van der Waals surface area contributed by atoms with E-state index in [0.717, 1.165) is 38.5 Å². The van der Waals surface area contributed by atoms with Gasteiger partial charge in [0.2, 0.25) is 0 Å². The number of hydrogen-bond donors (Lipinski definition) is 2. The van der Waals surface area contributed by atoms with Gasteiger partial charge in [-0.2, -0.15) is 0 Å². The first-order valence-electron chi connectivity index (χ1n) is 12.8. The molecule has 0 spiro atoms. The summed E-state index contributed by atoms with van der Waals surface area (Å²) >= 11 is 0. The molecular weight excluding hydrogens is 410 g/mol. The molecule has 0 amide bonds. The third-order valence-electron chi connectivity index (χ3n) is 9.62. The lowest BCUT2D eigenvalue weighted by Crippen LogP contribution is -2.51. The van der Waals surface area contributed by atoms with Crippen molar-refractivity contribution in [2.24, 2.45) is 17.3 Å². The molecule has 5 atom stereocenters. The molecular formula is C29H43NO3. The maximum absolute atomic E-state index is 12.2. The number of aliphatic hydroxyl groups is 2. The van der Waals surface area contributed by atoms with Crippen molar-refractivity contribution in [1.29, 1.82) is 0 Å². The number of nitrogens with zero attached hydrogens (tertiary/aromatic N) is 1. The molecule has 0 aromatic heterocycles. The zero-order chi connectivity index (χ0) is 23.4. The van der Waals surface area contributed by atoms with Crippen molar-refractivity contribution in [1.82, 2.24) is 0 Å². The molecule has 4 aliphatic rings. The highest BCUT2D eigenvalue weighted by atomic mass is 16.3. The minimum atomic E-state index is -0.711. The van der Waals surface area contributed by atoms with Crippen LogP contribution < -0.4 is 4.90 Å². The average Bonchev–Trinajstić information content (AvgIpc) is 3.07. The fraction of sp³-hybridized carbons (Fsp3) is 0.621. The smallest absolute Gasteiger partial charge is 0.156 e. The van der Waals surface area contributed by atoms with Crippen LogP contribution in [0.2, 0.25) is 0 Å². The van der Waals surface area contributed by atoms with E-state index < -0.39 is 5.60 Å². The number of hydrogen-bond acceptors (Lipinski definition) is 4. The second kappa shape index (κ2) is 8.39. The Morgan fingerprint density at radius 2 is 1.88 bits per heavy atom. The van der Waals surface area contributed by atoms with Crippen molar-refractivity contribution in [2.45, 2.75) is 76.2 Å². The first kappa shape index (κ1) is 22.9. The molecule has 2 N–H and O–H groups in total. The standard InChI is InChI=1S/C29H39NO3.2H2/c1-28-18-25(19-5-8-21(9-6-19)30(2)3)27-23-12-10-22(32)17-20(23)7-11-24(27)26(28)13-15-29(28,33)14-4-16-31;;/h5-6,8-9,17,24-26,31,33H,4,7,10-16,18H2,1-3H3;2*1H/t24-,25-,26+,28-,29-;;/m1../s1. The fourth-order valence-corrected chi connectivity index (χ4v) is 7.84. The van der Waals surface area contributed by atoms with Crippen molar-refractivity contribution < 1.29 is 17.9 Å². The monoisotopic (exact) mass is 453 g/mol. The van der Waals surface area contributed by atoms with E-state index in [-0.39, 0.29) is 26.6 Å². The first-order chi connectivity index (χ1) is 15.8. The third-order valence-corrected chi connectivity index (χ3v) is 9.62. The summed E-state index contributed by atoms with van der Waals surface area (Å²) in [5.74, 6) is 1.50. The van der Waals surface area contributed by atoms with Crippen LogP contribution in [-0.4, -0.2) is 42.3 Å². The van der Waals surface area contributed by atoms with Crippen molar-refractivity contribution >= 4 is 11.5 Å². The number of carbonyl (C=O) groups excluding carboxylic acids is 1. The maximum atomic E-state index is 12.2. The predicted molar refractivity (Wildman–Crippen MR) is 137 cm³/mol. The lowest BCUT2D eigenvalue weighted by atomic mass is 9.51. The number of fused-ring (bicyclic) bond motifs is 4. The number of rotatable bonds is 5. The van der Waals surface area contributed by atoms with E-state index in [0.29, 0.717) is 31.1 Å². The molecule has 0 radical (unpaired) electrons. The summed E-state index contributed by atoms with van der Waals surface area (Å²) in [6, 6.07) is 8.98. The highest BCUT2D eigenvalue weighted by Crippen LogP contribution is 2.67. The molecule has 4 aliphatic carbocycles. The van der Waals surface area contributed by atoms with Crippen molar-refractivity contribution in [3.8, 4) is 0 Å². The van der Waals surface area contributed by atoms with Gasteiger partial charge in [0.25, 0.3) is 0 Å². The van der Waals surface area contributed by atoms with Gasteiger partial charge in [0.1, 0.15) is 0 Å². The van der Waals surface area contributed by atoms with Crippen LogP contribution in [-0.2, 0) is 4.79 Å². The second-order valence-corrected chi connectivity index (χ2v) is 11.4. The molecule has 2 saturated carbocycles. The summed E-state index contributed by atoms with van der Waals surface area (Å²) in [6.07, 6.45) is 9.68. The molecule has 4 nitrogen and oxygen atoms in total. The molecule has 4 heteroatoms. The van der Waals surface area contributed by atoms with Gasteiger partial charge in [-0.05, 0) is 98.1 Å². The topological polar surface area (TPSA) is 60.8 Å². The Labute approximate surface area is 201 Å². The molecule has 0 bridgehead atoms. The highest BCUT2D eigenvalue weighted by molar-refractivity contribution is 5.93. The van der Waals surface area contributed by atoms with E-state index in [1.165, 1.54) is 22.4 Å². The van der Waals surface area contributed by atoms with Gasteiger partial charge in [0, 0.05) is 47.0 Å². The Bertz CT molecular complexity index is 1000. The Kier molecular flexibility index (Phi) is 5.81. The van der Waals surface area contributed by atoms with E-state index in [4.69, 9.17) is 0 Å². The molecule has 0 heterocycles. The number of allylic oxidation sites excluding steroid dienone is 4. The molecule has 33 heavy (non-hydrogen) atoms. The zero-order valence-corrected chi connectivity index (χ0v) is 20.4. The van der Waals surface area contributed by atoms with Gasteiger partial charge in [-0.25, -0.2) is 0 Å². The molecule has 0 unspecified atom stereocenters. The SMILES string of the molecule is CN(C)c1ccc([C@H]2C[C@]3(C)[C@@H](CC[C@]3(O)CCCO)[C@H]3CCC4=CC(=O)CCC4=C23)cc1.[HH].[HH]. The lowest BCUT2D eigenvalue weighted by molar-refractivity contribution is -0.114. The van der Waals surface area contributed by atoms with E-state index in [1.807, 2.05) is 6.08 Å². The van der Waals surface area contributed by atoms with Crippen molar-refractivity contribution in [3.05, 3.63) is 52.6 Å². The molecule has 0 aliphatic heterocycles. The Balaban J connectivity index is 0.00000171. The number of aliphatic hydroxyl groups excluding tert-OH is 1. The first-order valence-corrected chi connectivity index (χ1v) is 12.8. The van der Waals surface area contributed by atoms with Gasteiger partial charge < -0.3 is 15.1 Å². The van der Waals surface area contributed by atoms with Gasteiger partial charge in [-0.15, -0.1) is 0 Å². The molecule has 182 valence electrons. The molecule has 5 rings (SSSR count). The Morgan fingerprint density at radius 3 is 2.58 bits per heavy atom. The molecule has 2 fully saturated rings. The van der Waals surface area contributed by atoms with E-state index >= 15 is 0 Å². The summed E-state index contributed by atoms with van der Waals surface area (Å²) in [7, 11) is 4.14. The molecule has 0 saturated heterocycles. The fourth-order valence-electron chi connectivity index (χ4n) is 7.84. The van der Waals surface area contributed by atoms with Crippen molar-refractivity contribution in [3.63, 3.8) is 0 Å². The van der Waals surface area contributed by atoms with Crippen LogP contribution in [0.4, 0.5) is 5.69 Å². The Morgan fingerprint density at radius 1 is 1.12 bits per heavy atom. The highest BCUT2D eigenvalue weighted by Gasteiger charge is 2.62. The number of anilines is 1. The van der Waals surface area contributed by atoms with Crippen LogP contribution in [0.25, 0.3) is 0 Å². The summed E-state index contributed by atoms with van der Waals surface area (Å²) in [5.41, 5.74) is 5.98. The molecule has 1 aromatic rings. The maximum Gasteiger partial charge on any atom is 0.156 e. The van der Waals surface area contributed by atoms with E-state index in [2.05, 4.69) is 50.2 Å². The quantitative estimate of drug-likeness (QED) is 0.605. The average molecular weight is 454 g/mol. The summed E-state index contributed by atoms with van der Waals surface area (Å²) in [6.45, 7) is 2.47. The third kappa shape index (κ3) is 3.61. The number of carbonyl (C=O) groups is 1. The summed E-state index contributed by atoms with van der Waals surface area (Å²) < 4.78 is 0.